The van der Waals surface area contributed by atoms with Gasteiger partial charge in [-0.05, 0) is 37.3 Å². The maximum absolute atomic E-state index is 12.3. The zero-order chi connectivity index (χ0) is 19.4. The van der Waals surface area contributed by atoms with Gasteiger partial charge in [-0.2, -0.15) is 5.10 Å². The molecule has 3 rings (SSSR count). The number of carbonyl (C=O) groups excluding carboxylic acids is 1. The van der Waals surface area contributed by atoms with Crippen LogP contribution in [0.15, 0.2) is 52.0 Å². The summed E-state index contributed by atoms with van der Waals surface area (Å²) in [5, 5.41) is 15.5. The summed E-state index contributed by atoms with van der Waals surface area (Å²) in [6.45, 7) is 2.40. The van der Waals surface area contributed by atoms with Crippen LogP contribution in [0.25, 0.3) is 10.1 Å². The van der Waals surface area contributed by atoms with Gasteiger partial charge in [0.1, 0.15) is 5.75 Å². The van der Waals surface area contributed by atoms with E-state index in [1.54, 1.807) is 12.1 Å². The predicted molar refractivity (Wildman–Crippen MR) is 109 cm³/mol. The molecule has 1 aromatic heterocycles. The van der Waals surface area contributed by atoms with Crippen molar-refractivity contribution >= 4 is 55.2 Å². The van der Waals surface area contributed by atoms with E-state index < -0.39 is 4.92 Å². The zero-order valence-electron chi connectivity index (χ0n) is 14.1. The van der Waals surface area contributed by atoms with Gasteiger partial charge in [0.25, 0.3) is 11.6 Å². The van der Waals surface area contributed by atoms with E-state index in [9.17, 15) is 14.9 Å². The summed E-state index contributed by atoms with van der Waals surface area (Å²) in [6.07, 6.45) is 1.51. The Morgan fingerprint density at radius 2 is 2.15 bits per heavy atom. The number of nitrogens with one attached hydrogen (secondary N) is 1. The second-order valence-electron chi connectivity index (χ2n) is 5.40. The fourth-order valence-corrected chi connectivity index (χ4v) is 3.69. The molecule has 1 amide bonds. The van der Waals surface area contributed by atoms with Crippen LogP contribution in [0.1, 0.15) is 22.2 Å². The van der Waals surface area contributed by atoms with E-state index in [4.69, 9.17) is 4.74 Å². The molecular weight excluding hydrogens is 434 g/mol. The van der Waals surface area contributed by atoms with Gasteiger partial charge in [0.15, 0.2) is 0 Å². The standard InChI is InChI=1S/C18H14BrN3O4S/c1-2-26-15-5-3-13(19)7-12(15)10-20-21-18(23)17-9-11-8-14(22(24)25)4-6-16(11)27-17/h3-10H,2H2,1H3,(H,21,23). The first-order valence-electron chi connectivity index (χ1n) is 7.91. The molecule has 0 aliphatic carbocycles. The van der Waals surface area contributed by atoms with Crippen molar-refractivity contribution in [2.75, 3.05) is 6.61 Å². The van der Waals surface area contributed by atoms with E-state index in [0.29, 0.717) is 22.6 Å². The summed E-state index contributed by atoms with van der Waals surface area (Å²) in [5.41, 5.74) is 3.18. The Morgan fingerprint density at radius 3 is 2.89 bits per heavy atom. The number of thiophene rings is 1. The molecule has 7 nitrogen and oxygen atoms in total. The first kappa shape index (κ1) is 19.0. The van der Waals surface area contributed by atoms with Gasteiger partial charge in [0, 0.05) is 32.3 Å². The van der Waals surface area contributed by atoms with Crippen LogP contribution in [0.3, 0.4) is 0 Å². The van der Waals surface area contributed by atoms with E-state index >= 15 is 0 Å². The molecule has 0 spiro atoms. The van der Waals surface area contributed by atoms with Crippen molar-refractivity contribution in [3.05, 3.63) is 67.5 Å². The minimum Gasteiger partial charge on any atom is -0.493 e. The number of fused-ring (bicyclic) bond motifs is 1. The van der Waals surface area contributed by atoms with Crippen LogP contribution < -0.4 is 10.2 Å². The Bertz CT molecular complexity index is 1050. The predicted octanol–water partition coefficient (Wildman–Crippen LogP) is 4.73. The average molecular weight is 448 g/mol. The van der Waals surface area contributed by atoms with E-state index in [1.165, 1.54) is 29.7 Å². The van der Waals surface area contributed by atoms with Crippen LogP contribution in [0.2, 0.25) is 0 Å². The molecule has 3 aromatic rings. The van der Waals surface area contributed by atoms with E-state index in [2.05, 4.69) is 26.5 Å². The molecule has 2 aromatic carbocycles. The van der Waals surface area contributed by atoms with Crippen molar-refractivity contribution in [3.63, 3.8) is 0 Å². The lowest BCUT2D eigenvalue weighted by Gasteiger charge is -2.06. The number of rotatable bonds is 6. The van der Waals surface area contributed by atoms with Crippen LogP contribution in [-0.4, -0.2) is 23.7 Å². The normalized spacial score (nSPS) is 11.0. The van der Waals surface area contributed by atoms with Crippen molar-refractivity contribution < 1.29 is 14.5 Å². The highest BCUT2D eigenvalue weighted by molar-refractivity contribution is 9.10. The van der Waals surface area contributed by atoms with Crippen LogP contribution in [0.5, 0.6) is 5.75 Å². The monoisotopic (exact) mass is 447 g/mol. The third kappa shape index (κ3) is 4.50. The third-order valence-electron chi connectivity index (χ3n) is 3.58. The number of benzene rings is 2. The molecule has 0 bridgehead atoms. The number of amides is 1. The molecule has 0 aliphatic rings. The van der Waals surface area contributed by atoms with Gasteiger partial charge in [-0.1, -0.05) is 15.9 Å². The van der Waals surface area contributed by atoms with Crippen molar-refractivity contribution in [1.82, 2.24) is 5.43 Å². The number of ether oxygens (including phenoxy) is 1. The highest BCUT2D eigenvalue weighted by Crippen LogP contribution is 2.29. The summed E-state index contributed by atoms with van der Waals surface area (Å²) in [5.74, 6) is 0.274. The largest absolute Gasteiger partial charge is 0.493 e. The number of hydrazone groups is 1. The summed E-state index contributed by atoms with van der Waals surface area (Å²) < 4.78 is 7.18. The molecular formula is C18H14BrN3O4S. The summed E-state index contributed by atoms with van der Waals surface area (Å²) in [4.78, 5) is 23.1. The molecule has 9 heteroatoms. The summed E-state index contributed by atoms with van der Waals surface area (Å²) in [6, 6.07) is 11.6. The minimum absolute atomic E-state index is 0.0108. The molecule has 0 fully saturated rings. The van der Waals surface area contributed by atoms with E-state index in [-0.39, 0.29) is 11.6 Å². The Kier molecular flexibility index (Phi) is 5.82. The molecule has 0 aliphatic heterocycles. The topological polar surface area (TPSA) is 93.8 Å². The number of hydrogen-bond acceptors (Lipinski definition) is 6. The molecule has 1 heterocycles. The number of halogens is 1. The first-order chi connectivity index (χ1) is 13.0. The maximum Gasteiger partial charge on any atom is 0.281 e. The molecule has 1 N–H and O–H groups in total. The smallest absolute Gasteiger partial charge is 0.281 e. The molecule has 0 atom stereocenters. The van der Waals surface area contributed by atoms with Gasteiger partial charge in [-0.15, -0.1) is 11.3 Å². The first-order valence-corrected chi connectivity index (χ1v) is 9.52. The Morgan fingerprint density at radius 1 is 1.33 bits per heavy atom. The molecule has 0 saturated carbocycles. The van der Waals surface area contributed by atoms with Crippen LogP contribution in [0, 0.1) is 10.1 Å². The fraction of sp³-hybridized carbons (Fsp3) is 0.111. The van der Waals surface area contributed by atoms with Gasteiger partial charge in [-0.3, -0.25) is 14.9 Å². The number of hydrogen-bond donors (Lipinski definition) is 1. The minimum atomic E-state index is -0.463. The number of nitrogens with zero attached hydrogens (tertiary/aromatic N) is 2. The molecule has 27 heavy (non-hydrogen) atoms. The van der Waals surface area contributed by atoms with Crippen molar-refractivity contribution in [2.24, 2.45) is 5.10 Å². The van der Waals surface area contributed by atoms with Crippen LogP contribution >= 0.6 is 27.3 Å². The van der Waals surface area contributed by atoms with Crippen molar-refractivity contribution in [2.45, 2.75) is 6.92 Å². The lowest BCUT2D eigenvalue weighted by molar-refractivity contribution is -0.384. The van der Waals surface area contributed by atoms with Crippen LogP contribution in [0.4, 0.5) is 5.69 Å². The average Bonchev–Trinajstić information content (AvgIpc) is 3.07. The number of carbonyl (C=O) groups is 1. The highest BCUT2D eigenvalue weighted by atomic mass is 79.9. The van der Waals surface area contributed by atoms with Crippen molar-refractivity contribution in [3.8, 4) is 5.75 Å². The third-order valence-corrected chi connectivity index (χ3v) is 5.18. The summed E-state index contributed by atoms with van der Waals surface area (Å²) >= 11 is 4.63. The Labute approximate surface area is 166 Å². The van der Waals surface area contributed by atoms with Gasteiger partial charge >= 0.3 is 0 Å². The SMILES string of the molecule is CCOc1ccc(Br)cc1C=NNC(=O)c1cc2cc([N+](=O)[O-])ccc2s1. The quantitative estimate of drug-likeness (QED) is 0.335. The van der Waals surface area contributed by atoms with Crippen LogP contribution in [-0.2, 0) is 0 Å². The van der Waals surface area contributed by atoms with E-state index in [0.717, 1.165) is 14.7 Å². The molecule has 0 radical (unpaired) electrons. The highest BCUT2D eigenvalue weighted by Gasteiger charge is 2.13. The van der Waals surface area contributed by atoms with Crippen molar-refractivity contribution in [1.29, 1.82) is 0 Å². The lowest BCUT2D eigenvalue weighted by Crippen LogP contribution is -2.16. The van der Waals surface area contributed by atoms with Gasteiger partial charge in [-0.25, -0.2) is 5.43 Å². The molecule has 0 unspecified atom stereocenters. The number of nitro benzene ring substituents is 1. The maximum atomic E-state index is 12.3. The molecule has 0 saturated heterocycles. The summed E-state index contributed by atoms with van der Waals surface area (Å²) in [7, 11) is 0. The number of nitro groups is 1. The number of non-ortho nitro benzene ring substituents is 1. The zero-order valence-corrected chi connectivity index (χ0v) is 16.5. The van der Waals surface area contributed by atoms with Gasteiger partial charge in [0.2, 0.25) is 0 Å². The Balaban J connectivity index is 1.76. The van der Waals surface area contributed by atoms with Gasteiger partial charge < -0.3 is 4.74 Å². The second kappa shape index (κ2) is 8.28. The van der Waals surface area contributed by atoms with E-state index in [1.807, 2.05) is 25.1 Å². The second-order valence-corrected chi connectivity index (χ2v) is 7.40. The molecule has 138 valence electrons. The Hall–Kier alpha value is -2.78. The lowest BCUT2D eigenvalue weighted by atomic mass is 10.2. The fourth-order valence-electron chi connectivity index (χ4n) is 2.38. The van der Waals surface area contributed by atoms with Gasteiger partial charge in [0.05, 0.1) is 22.6 Å².